The molecule has 0 aromatic heterocycles. The molecular formula is C9H13FN2O. The van der Waals surface area contributed by atoms with E-state index in [1.165, 1.54) is 6.92 Å². The molecule has 3 nitrogen and oxygen atoms in total. The highest BCUT2D eigenvalue weighted by molar-refractivity contribution is 5.75. The van der Waals surface area contributed by atoms with Crippen molar-refractivity contribution in [3.8, 4) is 0 Å². The van der Waals surface area contributed by atoms with Gasteiger partial charge in [-0.3, -0.25) is 4.79 Å². The lowest BCUT2D eigenvalue weighted by Gasteiger charge is -2.03. The predicted molar refractivity (Wildman–Crippen MR) is 50.3 cm³/mol. The molecule has 0 bridgehead atoms. The number of nitrogens with one attached hydrogen (secondary N) is 2. The molecule has 0 atom stereocenters. The molecular weight excluding hydrogens is 171 g/mol. The average Bonchev–Trinajstić information content (AvgIpc) is 2.03. The summed E-state index contributed by atoms with van der Waals surface area (Å²) in [5, 5.41) is 4.85. The summed E-state index contributed by atoms with van der Waals surface area (Å²) in [5.74, 6) is -0.950. The van der Waals surface area contributed by atoms with Gasteiger partial charge in [-0.25, -0.2) is 4.39 Å². The molecule has 0 aliphatic heterocycles. The molecule has 0 saturated heterocycles. The van der Waals surface area contributed by atoms with Gasteiger partial charge in [-0.2, -0.15) is 0 Å². The van der Waals surface area contributed by atoms with Crippen LogP contribution in [0.25, 0.3) is 0 Å². The lowest BCUT2D eigenvalue weighted by atomic mass is 10.4. The molecule has 0 aliphatic rings. The molecule has 0 heterocycles. The van der Waals surface area contributed by atoms with Crippen molar-refractivity contribution < 1.29 is 9.18 Å². The number of carbonyl (C=O) groups is 1. The lowest BCUT2D eigenvalue weighted by Crippen LogP contribution is -2.19. The van der Waals surface area contributed by atoms with Crippen LogP contribution >= 0.6 is 0 Å². The second-order valence-corrected chi connectivity index (χ2v) is 2.35. The Balaban J connectivity index is 4.00. The van der Waals surface area contributed by atoms with Gasteiger partial charge in [0.05, 0.1) is 5.70 Å². The fourth-order valence-electron chi connectivity index (χ4n) is 0.591. The van der Waals surface area contributed by atoms with Crippen molar-refractivity contribution in [2.75, 3.05) is 6.54 Å². The van der Waals surface area contributed by atoms with Crippen molar-refractivity contribution in [1.29, 1.82) is 0 Å². The van der Waals surface area contributed by atoms with Gasteiger partial charge >= 0.3 is 0 Å². The van der Waals surface area contributed by atoms with E-state index in [0.717, 1.165) is 6.20 Å². The number of amides is 1. The van der Waals surface area contributed by atoms with Gasteiger partial charge in [0.25, 0.3) is 0 Å². The van der Waals surface area contributed by atoms with Crippen LogP contribution in [0.4, 0.5) is 4.39 Å². The van der Waals surface area contributed by atoms with Crippen LogP contribution in [0.2, 0.25) is 0 Å². The molecule has 0 aromatic rings. The summed E-state index contributed by atoms with van der Waals surface area (Å²) in [6.07, 6.45) is 2.71. The minimum absolute atomic E-state index is 0.0518. The third-order valence-electron chi connectivity index (χ3n) is 1.11. The smallest absolute Gasteiger partial charge is 0.221 e. The van der Waals surface area contributed by atoms with Crippen LogP contribution in [0.15, 0.2) is 37.0 Å². The van der Waals surface area contributed by atoms with Crippen LogP contribution in [-0.4, -0.2) is 12.5 Å². The molecule has 0 aliphatic carbocycles. The van der Waals surface area contributed by atoms with Gasteiger partial charge in [0.2, 0.25) is 5.91 Å². The summed E-state index contributed by atoms with van der Waals surface area (Å²) in [6, 6.07) is 0. The summed E-state index contributed by atoms with van der Waals surface area (Å²) in [4.78, 5) is 10.5. The first kappa shape index (κ1) is 11.4. The maximum atomic E-state index is 12.9. The molecule has 72 valence electrons. The first-order valence-electron chi connectivity index (χ1n) is 3.74. The average molecular weight is 184 g/mol. The Hall–Kier alpha value is -1.58. The number of hydrogen-bond acceptors (Lipinski definition) is 2. The molecule has 1 amide bonds. The molecule has 0 saturated carbocycles. The molecule has 0 fully saturated rings. The highest BCUT2D eigenvalue weighted by Crippen LogP contribution is 2.03. The van der Waals surface area contributed by atoms with E-state index >= 15 is 0 Å². The van der Waals surface area contributed by atoms with Crippen molar-refractivity contribution in [1.82, 2.24) is 10.6 Å². The van der Waals surface area contributed by atoms with Crippen LogP contribution in [0.3, 0.4) is 0 Å². The standard InChI is InChI=1S/C9H13FN2O/c1-4-5-11-6-9(10)7(2)12-8(3)13/h4,6,11H,1-2,5H2,3H3,(H,12,13)/b9-6+. The molecule has 13 heavy (non-hydrogen) atoms. The van der Waals surface area contributed by atoms with Crippen molar-refractivity contribution in [2.24, 2.45) is 0 Å². The zero-order chi connectivity index (χ0) is 10.3. The predicted octanol–water partition coefficient (Wildman–Crippen LogP) is 1.22. The van der Waals surface area contributed by atoms with Gasteiger partial charge in [-0.15, -0.1) is 6.58 Å². The zero-order valence-corrected chi connectivity index (χ0v) is 7.56. The quantitative estimate of drug-likeness (QED) is 0.383. The Morgan fingerprint density at radius 3 is 2.69 bits per heavy atom. The maximum Gasteiger partial charge on any atom is 0.221 e. The summed E-state index contributed by atoms with van der Waals surface area (Å²) < 4.78 is 12.9. The Bertz CT molecular complexity index is 246. The topological polar surface area (TPSA) is 41.1 Å². The van der Waals surface area contributed by atoms with Crippen LogP contribution in [-0.2, 0) is 4.79 Å². The SMILES string of the molecule is C=CCN/C=C(/F)C(=C)NC(C)=O. The van der Waals surface area contributed by atoms with Crippen LogP contribution in [0.5, 0.6) is 0 Å². The third kappa shape index (κ3) is 5.66. The molecule has 0 radical (unpaired) electrons. The first-order valence-corrected chi connectivity index (χ1v) is 3.74. The van der Waals surface area contributed by atoms with Gasteiger partial charge in [0.1, 0.15) is 0 Å². The van der Waals surface area contributed by atoms with Gasteiger partial charge in [0.15, 0.2) is 5.83 Å². The van der Waals surface area contributed by atoms with Crippen molar-refractivity contribution in [3.05, 3.63) is 37.0 Å². The summed E-state index contributed by atoms with van der Waals surface area (Å²) >= 11 is 0. The van der Waals surface area contributed by atoms with Crippen LogP contribution in [0, 0.1) is 0 Å². The van der Waals surface area contributed by atoms with Gasteiger partial charge in [-0.1, -0.05) is 12.7 Å². The fourth-order valence-corrected chi connectivity index (χ4v) is 0.591. The van der Waals surface area contributed by atoms with E-state index in [9.17, 15) is 9.18 Å². The normalized spacial score (nSPS) is 10.5. The minimum atomic E-state index is -0.600. The second-order valence-electron chi connectivity index (χ2n) is 2.35. The molecule has 0 spiro atoms. The van der Waals surface area contributed by atoms with Gasteiger partial charge in [-0.05, 0) is 0 Å². The van der Waals surface area contributed by atoms with Gasteiger partial charge in [0, 0.05) is 19.7 Å². The molecule has 0 aromatic carbocycles. The van der Waals surface area contributed by atoms with E-state index in [2.05, 4.69) is 23.8 Å². The maximum absolute atomic E-state index is 12.9. The Morgan fingerprint density at radius 2 is 2.23 bits per heavy atom. The molecule has 0 rings (SSSR count). The Kier molecular flexibility index (Phi) is 5.27. The summed E-state index contributed by atoms with van der Waals surface area (Å²) in [5.41, 5.74) is -0.0518. The van der Waals surface area contributed by atoms with E-state index in [4.69, 9.17) is 0 Å². The second kappa shape index (κ2) is 5.99. The summed E-state index contributed by atoms with van der Waals surface area (Å²) in [7, 11) is 0. The molecule has 4 heteroatoms. The Labute approximate surface area is 77.0 Å². The highest BCUT2D eigenvalue weighted by atomic mass is 19.1. The number of rotatable bonds is 5. The van der Waals surface area contributed by atoms with Crippen molar-refractivity contribution >= 4 is 5.91 Å². The zero-order valence-electron chi connectivity index (χ0n) is 7.56. The van der Waals surface area contributed by atoms with E-state index in [1.54, 1.807) is 6.08 Å². The molecule has 2 N–H and O–H groups in total. The third-order valence-corrected chi connectivity index (χ3v) is 1.11. The van der Waals surface area contributed by atoms with E-state index in [0.29, 0.717) is 6.54 Å². The number of halogens is 1. The summed E-state index contributed by atoms with van der Waals surface area (Å²) in [6.45, 7) is 8.52. The number of carbonyl (C=O) groups excluding carboxylic acids is 1. The van der Waals surface area contributed by atoms with E-state index in [1.807, 2.05) is 0 Å². The van der Waals surface area contributed by atoms with Crippen LogP contribution < -0.4 is 10.6 Å². The Morgan fingerprint density at radius 1 is 1.62 bits per heavy atom. The lowest BCUT2D eigenvalue weighted by molar-refractivity contribution is -0.118. The largest absolute Gasteiger partial charge is 0.385 e. The fraction of sp³-hybridized carbons (Fsp3) is 0.222. The van der Waals surface area contributed by atoms with E-state index < -0.39 is 5.83 Å². The van der Waals surface area contributed by atoms with Crippen molar-refractivity contribution in [3.63, 3.8) is 0 Å². The monoisotopic (exact) mass is 184 g/mol. The molecule has 0 unspecified atom stereocenters. The van der Waals surface area contributed by atoms with Crippen molar-refractivity contribution in [2.45, 2.75) is 6.92 Å². The minimum Gasteiger partial charge on any atom is -0.385 e. The van der Waals surface area contributed by atoms with Gasteiger partial charge < -0.3 is 10.6 Å². The number of hydrogen-bond donors (Lipinski definition) is 2. The first-order chi connectivity index (χ1) is 6.07. The van der Waals surface area contributed by atoms with Crippen LogP contribution in [0.1, 0.15) is 6.92 Å². The number of allylic oxidation sites excluding steroid dienone is 1. The van der Waals surface area contributed by atoms with E-state index in [-0.39, 0.29) is 11.6 Å². The highest BCUT2D eigenvalue weighted by Gasteiger charge is 2.01.